The van der Waals surface area contributed by atoms with E-state index in [0.29, 0.717) is 43.3 Å². The summed E-state index contributed by atoms with van der Waals surface area (Å²) in [4.78, 5) is 35.6. The van der Waals surface area contributed by atoms with Gasteiger partial charge < -0.3 is 13.7 Å². The molecule has 14 heteroatoms. The fourth-order valence-corrected chi connectivity index (χ4v) is 7.50. The van der Waals surface area contributed by atoms with Gasteiger partial charge in [-0.1, -0.05) is 356 Å². The van der Waals surface area contributed by atoms with E-state index in [9.17, 15) is 0 Å². The summed E-state index contributed by atoms with van der Waals surface area (Å²) in [5, 5.41) is 8.95. The molecule has 0 atom stereocenters. The van der Waals surface area contributed by atoms with E-state index in [0.717, 1.165) is 22.1 Å². The van der Waals surface area contributed by atoms with Gasteiger partial charge in [0.05, 0.1) is 27.6 Å². The molecule has 0 saturated heterocycles. The predicted molar refractivity (Wildman–Crippen MR) is 611 cm³/mol. The zero-order valence-electron chi connectivity index (χ0n) is 90.1. The Balaban J connectivity index is -0.000000180. The molecule has 0 aliphatic heterocycles. The highest BCUT2D eigenvalue weighted by molar-refractivity contribution is 5.81. The molecule has 15 aromatic rings. The molecule has 0 amide bonds. The van der Waals surface area contributed by atoms with Crippen molar-refractivity contribution in [2.24, 2.45) is 50.4 Å². The molecule has 0 spiro atoms. The summed E-state index contributed by atoms with van der Waals surface area (Å²) < 4.78 is 8.31. The molecular weight excluding hydrogens is 1660 g/mol. The Bertz CT molecular complexity index is 3990. The SMILES string of the molecule is C.C.C.C.C.CC(C)(C)C.CC(C)(C)C.CC(C)(C)C.CC(C)(C)C.CC(C)(C)C.CC(C)(C)C.CC(C)(C)C.CC(C)(C)C.CC(C)(C)n1cccc1.CC(C)(C)n1cccc1.CC(C)(C)n1cccn1.Cn1cccc1.c1ccc2cnccc2c1.c1ccc2ncccc2c1.c1ccc2ncccc2c1.c1ccc2nccnc2c1.c1ccncc1.c1ccncc1.c1cnccn1. The van der Waals surface area contributed by atoms with Gasteiger partial charge in [0.1, 0.15) is 0 Å². The van der Waals surface area contributed by atoms with Crippen LogP contribution in [0.15, 0.2) is 343 Å². The van der Waals surface area contributed by atoms with Crippen molar-refractivity contribution in [1.29, 1.82) is 0 Å². The van der Waals surface area contributed by atoms with Gasteiger partial charge in [-0.25, -0.2) is 0 Å². The van der Waals surface area contributed by atoms with Gasteiger partial charge in [0.2, 0.25) is 0 Å². The van der Waals surface area contributed by atoms with E-state index in [1.165, 1.54) is 21.5 Å². The lowest BCUT2D eigenvalue weighted by Crippen LogP contribution is -2.21. The summed E-state index contributed by atoms with van der Waals surface area (Å²) in [6, 6.07) is 67.7. The van der Waals surface area contributed by atoms with Crippen molar-refractivity contribution in [3.05, 3.63) is 343 Å². The van der Waals surface area contributed by atoms with Crippen molar-refractivity contribution >= 4 is 43.6 Å². The van der Waals surface area contributed by atoms with E-state index >= 15 is 0 Å². The highest BCUT2D eigenvalue weighted by Gasteiger charge is 2.12. The van der Waals surface area contributed by atoms with Crippen molar-refractivity contribution in [3.8, 4) is 0 Å². The van der Waals surface area contributed by atoms with Crippen LogP contribution in [0.4, 0.5) is 0 Å². The number of rotatable bonds is 0. The van der Waals surface area contributed by atoms with E-state index in [2.05, 4.69) is 404 Å². The van der Waals surface area contributed by atoms with Crippen LogP contribution in [0.1, 0.15) is 321 Å². The molecular formula is C122H202N14. The zero-order valence-corrected chi connectivity index (χ0v) is 90.1. The number of hydrogen-bond acceptors (Lipinski definition) is 10. The van der Waals surface area contributed by atoms with Crippen molar-refractivity contribution in [1.82, 2.24) is 68.3 Å². The van der Waals surface area contributed by atoms with Crippen molar-refractivity contribution in [2.75, 3.05) is 0 Å². The van der Waals surface area contributed by atoms with Crippen molar-refractivity contribution in [2.45, 2.75) is 338 Å². The summed E-state index contributed by atoms with van der Waals surface area (Å²) in [6.45, 7) is 89.5. The van der Waals surface area contributed by atoms with Crippen LogP contribution in [0.2, 0.25) is 0 Å². The molecule has 0 N–H and O–H groups in total. The molecule has 15 rings (SSSR count). The van der Waals surface area contributed by atoms with E-state index in [1.807, 2.05) is 230 Å². The average Bonchev–Trinajstić information content (AvgIpc) is 1.71. The molecule has 0 aliphatic rings. The minimum absolute atomic E-state index is 0. The molecule has 0 bridgehead atoms. The van der Waals surface area contributed by atoms with Gasteiger partial charge in [0.25, 0.3) is 0 Å². The van der Waals surface area contributed by atoms with Gasteiger partial charge in [-0.05, 0) is 226 Å². The van der Waals surface area contributed by atoms with Crippen LogP contribution in [0.5, 0.6) is 0 Å². The van der Waals surface area contributed by atoms with Gasteiger partial charge in [-0.3, -0.25) is 49.5 Å². The summed E-state index contributed by atoms with van der Waals surface area (Å²) in [5.74, 6) is 0. The Morgan fingerprint density at radius 2 is 0.419 bits per heavy atom. The largest absolute Gasteiger partial charge is 0.357 e. The quantitative estimate of drug-likeness (QED) is 0.144. The van der Waals surface area contributed by atoms with Gasteiger partial charge >= 0.3 is 0 Å². The molecule has 0 aliphatic carbocycles. The minimum Gasteiger partial charge on any atom is -0.357 e. The molecule has 760 valence electrons. The van der Waals surface area contributed by atoms with Crippen molar-refractivity contribution in [3.63, 3.8) is 0 Å². The average molecular weight is 1870 g/mol. The minimum atomic E-state index is 0. The van der Waals surface area contributed by atoms with Crippen LogP contribution in [0.3, 0.4) is 0 Å². The fourth-order valence-electron chi connectivity index (χ4n) is 7.50. The van der Waals surface area contributed by atoms with Crippen LogP contribution in [-0.2, 0) is 23.7 Å². The Morgan fingerprint density at radius 3 is 0.618 bits per heavy atom. The maximum Gasteiger partial charge on any atom is 0.0886 e. The first kappa shape index (κ1) is 143. The predicted octanol–water partition coefficient (Wildman–Crippen LogP) is 37.7. The Labute approximate surface area is 837 Å². The van der Waals surface area contributed by atoms with Gasteiger partial charge in [0.15, 0.2) is 0 Å². The number of nitrogens with zero attached hydrogens (tertiary/aromatic N) is 14. The van der Waals surface area contributed by atoms with Crippen molar-refractivity contribution < 1.29 is 0 Å². The molecule has 0 saturated carbocycles. The third-order valence-electron chi connectivity index (χ3n) is 12.3. The van der Waals surface area contributed by atoms with E-state index in [1.54, 1.807) is 68.2 Å². The highest BCUT2D eigenvalue weighted by atomic mass is 15.3. The molecule has 0 unspecified atom stereocenters. The molecule has 14 nitrogen and oxygen atoms in total. The van der Waals surface area contributed by atoms with Gasteiger partial charge in [-0.2, -0.15) is 5.10 Å². The van der Waals surface area contributed by atoms with Crippen LogP contribution < -0.4 is 0 Å². The molecule has 4 aromatic carbocycles. The van der Waals surface area contributed by atoms with Crippen LogP contribution in [-0.4, -0.2) is 68.3 Å². The first-order valence-electron chi connectivity index (χ1n) is 45.9. The molecule has 11 aromatic heterocycles. The Hall–Kier alpha value is -11.1. The molecule has 136 heavy (non-hydrogen) atoms. The topological polar surface area (TPSA) is 149 Å². The molecule has 0 radical (unpaired) electrons. The lowest BCUT2D eigenvalue weighted by atomic mass is 10.0. The molecule has 0 fully saturated rings. The lowest BCUT2D eigenvalue weighted by Gasteiger charge is -2.20. The number of para-hydroxylation sites is 4. The summed E-state index contributed by atoms with van der Waals surface area (Å²) in [7, 11) is 2.00. The number of fused-ring (bicyclic) bond motifs is 4. The highest BCUT2D eigenvalue weighted by Crippen LogP contribution is 2.18. The molecule has 11 heterocycles. The second kappa shape index (κ2) is 76.0. The fraction of sp³-hybridized carbons (Fsp3) is 0.475. The monoisotopic (exact) mass is 1860 g/mol. The smallest absolute Gasteiger partial charge is 0.0886 e. The summed E-state index contributed by atoms with van der Waals surface area (Å²) >= 11 is 0. The van der Waals surface area contributed by atoms with E-state index < -0.39 is 0 Å². The van der Waals surface area contributed by atoms with Crippen LogP contribution in [0, 0.1) is 43.3 Å². The van der Waals surface area contributed by atoms with Gasteiger partial charge in [-0.15, -0.1) is 0 Å². The number of aryl methyl sites for hydroxylation is 1. The number of aromatic nitrogens is 14. The van der Waals surface area contributed by atoms with E-state index in [4.69, 9.17) is 0 Å². The number of hydrogen-bond donors (Lipinski definition) is 0. The van der Waals surface area contributed by atoms with Crippen LogP contribution >= 0.6 is 0 Å². The maximum absolute atomic E-state index is 4.18. The third-order valence-corrected chi connectivity index (χ3v) is 12.3. The Morgan fingerprint density at radius 1 is 0.176 bits per heavy atom. The van der Waals surface area contributed by atoms with E-state index in [-0.39, 0.29) is 53.8 Å². The summed E-state index contributed by atoms with van der Waals surface area (Å²) in [5.41, 5.74) is 8.63. The normalized spacial score (nSPS) is 10.3. The van der Waals surface area contributed by atoms with Gasteiger partial charge in [0, 0.05) is 165 Å². The third kappa shape index (κ3) is 117. The lowest BCUT2D eigenvalue weighted by molar-refractivity contribution is 0.355. The maximum atomic E-state index is 4.18. The van der Waals surface area contributed by atoms with Crippen LogP contribution in [0.25, 0.3) is 43.6 Å². The first-order chi connectivity index (χ1) is 60.1. The zero-order chi connectivity index (χ0) is 101. The Kier molecular flexibility index (Phi) is 79.8. The second-order valence-electron chi connectivity index (χ2n) is 46.6. The first-order valence-corrected chi connectivity index (χ1v) is 45.9. The number of benzene rings is 4. The summed E-state index contributed by atoms with van der Waals surface area (Å²) in [6.07, 6.45) is 40.3. The standard InChI is InChI=1S/3C9H7N.C8H6N2.2C8H13N.C7H12N2.C5H7N.2C5H5N.8C5H12.C4H4N2.5CH4/c2*1-2-6-9-8(4-1)5-3-7-10-9;1-2-4-9-7-10-6-5-8(9)3-1;1-2-4-8-7(3-1)9-5-6-10-8;2*1-8(2,3)9-6-4-5-7-9;1-7(2,3)9-6-4-5-8-9;1-6-4-2-3-5-6;2*1-2-4-6-5-3-1;8*1-5(2,3)4;1-2-6-4-3-5-1;;;;;/h3*1-7H;1-6H;2*4-7H,1-3H3;4-6H,1-3H3;2-5H,1H3;2*1-5H;8*1-4H3;1-4H;5*1H4. The number of pyridine rings is 5. The second-order valence-corrected chi connectivity index (χ2v) is 46.6.